The third kappa shape index (κ3) is 9.48. The van der Waals surface area contributed by atoms with Gasteiger partial charge in [0.15, 0.2) is 0 Å². The van der Waals surface area contributed by atoms with Gasteiger partial charge < -0.3 is 15.0 Å². The van der Waals surface area contributed by atoms with Gasteiger partial charge in [0.05, 0.1) is 5.60 Å². The van der Waals surface area contributed by atoms with E-state index in [9.17, 15) is 15.0 Å². The average Bonchev–Trinajstić information content (AvgIpc) is 2.28. The van der Waals surface area contributed by atoms with E-state index in [1.165, 1.54) is 5.57 Å². The summed E-state index contributed by atoms with van der Waals surface area (Å²) in [7, 11) is 0. The van der Waals surface area contributed by atoms with Gasteiger partial charge in [-0.1, -0.05) is 31.2 Å². The molecule has 110 valence electrons. The van der Waals surface area contributed by atoms with Gasteiger partial charge in [-0.15, -0.1) is 0 Å². The Hall–Kier alpha value is -1.09. The second-order valence-electron chi connectivity index (χ2n) is 5.71. The highest BCUT2D eigenvalue weighted by atomic mass is 16.4. The van der Waals surface area contributed by atoms with Gasteiger partial charge in [-0.05, 0) is 58.3 Å². The maximum atomic E-state index is 10.6. The minimum atomic E-state index is -1.01. The van der Waals surface area contributed by atoms with Crippen molar-refractivity contribution in [2.45, 2.75) is 64.9 Å². The van der Waals surface area contributed by atoms with E-state index >= 15 is 0 Å². The number of carbonyl (C=O) groups excluding carboxylic acids is 1. The summed E-state index contributed by atoms with van der Waals surface area (Å²) >= 11 is 0. The molecule has 3 nitrogen and oxygen atoms in total. The van der Waals surface area contributed by atoms with E-state index in [0.717, 1.165) is 19.3 Å². The number of aliphatic hydroxyl groups is 1. The second-order valence-corrected chi connectivity index (χ2v) is 5.71. The van der Waals surface area contributed by atoms with Crippen LogP contribution in [0.15, 0.2) is 24.3 Å². The van der Waals surface area contributed by atoms with Gasteiger partial charge in [0.1, 0.15) is 0 Å². The Kier molecular flexibility index (Phi) is 8.41. The van der Waals surface area contributed by atoms with Crippen molar-refractivity contribution in [2.75, 3.05) is 0 Å². The SMILES string of the molecule is C=C/C=C(\C)CCCC(C)(O)CCCC(C)C(=O)[O-]. The Morgan fingerprint density at radius 3 is 2.53 bits per heavy atom. The van der Waals surface area contributed by atoms with Crippen LogP contribution in [0.5, 0.6) is 0 Å². The van der Waals surface area contributed by atoms with Gasteiger partial charge in [-0.25, -0.2) is 0 Å². The topological polar surface area (TPSA) is 60.4 Å². The van der Waals surface area contributed by atoms with Crippen LogP contribution in [-0.4, -0.2) is 16.7 Å². The molecule has 0 rings (SSSR count). The smallest absolute Gasteiger partial charge is 0.0619 e. The number of aliphatic carboxylic acids is 1. The molecular weight excluding hydrogens is 240 g/mol. The summed E-state index contributed by atoms with van der Waals surface area (Å²) in [6, 6.07) is 0. The van der Waals surface area contributed by atoms with Gasteiger partial charge in [0.25, 0.3) is 0 Å². The fourth-order valence-corrected chi connectivity index (χ4v) is 2.06. The molecule has 0 radical (unpaired) electrons. The fraction of sp³-hybridized carbons (Fsp3) is 0.688. The molecule has 0 aliphatic rings. The zero-order valence-corrected chi connectivity index (χ0v) is 12.4. The highest BCUT2D eigenvalue weighted by Crippen LogP contribution is 2.23. The zero-order chi connectivity index (χ0) is 14.9. The molecule has 0 heterocycles. The molecule has 0 aromatic heterocycles. The van der Waals surface area contributed by atoms with Crippen molar-refractivity contribution in [1.29, 1.82) is 0 Å². The van der Waals surface area contributed by atoms with E-state index in [1.807, 2.05) is 13.0 Å². The molecule has 2 unspecified atom stereocenters. The lowest BCUT2D eigenvalue weighted by Crippen LogP contribution is -2.30. The summed E-state index contributed by atoms with van der Waals surface area (Å²) < 4.78 is 0. The lowest BCUT2D eigenvalue weighted by Gasteiger charge is -2.24. The maximum Gasteiger partial charge on any atom is 0.0619 e. The van der Waals surface area contributed by atoms with Crippen LogP contribution in [-0.2, 0) is 4.79 Å². The highest BCUT2D eigenvalue weighted by molar-refractivity contribution is 5.66. The number of hydrogen-bond donors (Lipinski definition) is 1. The quantitative estimate of drug-likeness (QED) is 0.619. The van der Waals surface area contributed by atoms with E-state index in [4.69, 9.17) is 0 Å². The Labute approximate surface area is 117 Å². The van der Waals surface area contributed by atoms with Gasteiger partial charge in [0, 0.05) is 5.97 Å². The molecule has 0 saturated heterocycles. The third-order valence-electron chi connectivity index (χ3n) is 3.44. The van der Waals surface area contributed by atoms with E-state index in [1.54, 1.807) is 13.0 Å². The van der Waals surface area contributed by atoms with Crippen molar-refractivity contribution in [3.63, 3.8) is 0 Å². The van der Waals surface area contributed by atoms with Crippen LogP contribution < -0.4 is 5.11 Å². The molecular formula is C16H27O3-. The van der Waals surface area contributed by atoms with E-state index in [-0.39, 0.29) is 0 Å². The molecule has 0 fully saturated rings. The van der Waals surface area contributed by atoms with Crippen molar-refractivity contribution in [2.24, 2.45) is 5.92 Å². The van der Waals surface area contributed by atoms with Crippen molar-refractivity contribution in [1.82, 2.24) is 0 Å². The van der Waals surface area contributed by atoms with Crippen LogP contribution in [0.3, 0.4) is 0 Å². The van der Waals surface area contributed by atoms with Crippen molar-refractivity contribution >= 4 is 5.97 Å². The molecule has 1 N–H and O–H groups in total. The monoisotopic (exact) mass is 267 g/mol. The summed E-state index contributed by atoms with van der Waals surface area (Å²) in [5.74, 6) is -1.45. The molecule has 0 aromatic rings. The van der Waals surface area contributed by atoms with Crippen LogP contribution in [0, 0.1) is 5.92 Å². The second kappa shape index (κ2) is 8.92. The van der Waals surface area contributed by atoms with Crippen LogP contribution in [0.1, 0.15) is 59.3 Å². The molecule has 0 bridgehead atoms. The standard InChI is InChI=1S/C16H28O3/c1-5-8-13(2)9-6-11-16(4,19)12-7-10-14(3)15(17)18/h5,8,14,19H,1,6-7,9-12H2,2-4H3,(H,17,18)/p-1/b13-8+. The molecule has 0 amide bonds. The van der Waals surface area contributed by atoms with Crippen LogP contribution in [0.4, 0.5) is 0 Å². The van der Waals surface area contributed by atoms with E-state index in [2.05, 4.69) is 13.5 Å². The predicted octanol–water partition coefficient (Wildman–Crippen LogP) is 2.60. The Morgan fingerprint density at radius 2 is 2.00 bits per heavy atom. The minimum Gasteiger partial charge on any atom is -0.550 e. The van der Waals surface area contributed by atoms with Gasteiger partial charge in [-0.3, -0.25) is 0 Å². The third-order valence-corrected chi connectivity index (χ3v) is 3.44. The Bertz CT molecular complexity index is 316. The summed E-state index contributed by atoms with van der Waals surface area (Å²) in [6.07, 6.45) is 8.28. The Morgan fingerprint density at radius 1 is 1.42 bits per heavy atom. The first-order valence-corrected chi connectivity index (χ1v) is 7.00. The van der Waals surface area contributed by atoms with E-state index < -0.39 is 17.5 Å². The van der Waals surface area contributed by atoms with Crippen molar-refractivity contribution in [3.8, 4) is 0 Å². The van der Waals surface area contributed by atoms with Crippen molar-refractivity contribution < 1.29 is 15.0 Å². The van der Waals surface area contributed by atoms with Crippen molar-refractivity contribution in [3.05, 3.63) is 24.3 Å². The van der Waals surface area contributed by atoms with Gasteiger partial charge in [-0.2, -0.15) is 0 Å². The first-order valence-electron chi connectivity index (χ1n) is 7.00. The minimum absolute atomic E-state index is 0.437. The average molecular weight is 267 g/mol. The largest absolute Gasteiger partial charge is 0.550 e. The zero-order valence-electron chi connectivity index (χ0n) is 12.4. The highest BCUT2D eigenvalue weighted by Gasteiger charge is 2.19. The number of hydrogen-bond acceptors (Lipinski definition) is 3. The maximum absolute atomic E-state index is 10.6. The van der Waals surface area contributed by atoms with E-state index in [0.29, 0.717) is 19.3 Å². The summed E-state index contributed by atoms with van der Waals surface area (Å²) in [5.41, 5.74) is 0.552. The Balaban J connectivity index is 3.89. The van der Waals surface area contributed by atoms with Gasteiger partial charge in [0.2, 0.25) is 0 Å². The molecule has 0 aliphatic heterocycles. The first-order chi connectivity index (χ1) is 8.78. The number of carboxylic acids is 1. The number of carbonyl (C=O) groups is 1. The number of allylic oxidation sites excluding steroid dienone is 3. The molecule has 0 aliphatic carbocycles. The predicted molar refractivity (Wildman–Crippen MR) is 76.5 cm³/mol. The molecule has 19 heavy (non-hydrogen) atoms. The summed E-state index contributed by atoms with van der Waals surface area (Å²) in [6.45, 7) is 9.17. The molecule has 0 saturated carbocycles. The van der Waals surface area contributed by atoms with Gasteiger partial charge >= 0.3 is 0 Å². The molecule has 0 aromatic carbocycles. The lowest BCUT2D eigenvalue weighted by atomic mass is 9.90. The lowest BCUT2D eigenvalue weighted by molar-refractivity contribution is -0.311. The molecule has 2 atom stereocenters. The van der Waals surface area contributed by atoms with Crippen LogP contribution in [0.2, 0.25) is 0 Å². The molecule has 0 spiro atoms. The van der Waals surface area contributed by atoms with Crippen LogP contribution >= 0.6 is 0 Å². The number of rotatable bonds is 10. The fourth-order valence-electron chi connectivity index (χ4n) is 2.06. The summed E-state index contributed by atoms with van der Waals surface area (Å²) in [4.78, 5) is 10.6. The molecule has 3 heteroatoms. The number of carboxylic acid groups (broad SMARTS) is 1. The normalized spacial score (nSPS) is 16.7. The van der Waals surface area contributed by atoms with Crippen LogP contribution in [0.25, 0.3) is 0 Å². The first kappa shape index (κ1) is 17.9. The summed E-state index contributed by atoms with van der Waals surface area (Å²) in [5, 5.41) is 20.8.